The fourth-order valence-electron chi connectivity index (χ4n) is 3.10. The van der Waals surface area contributed by atoms with E-state index in [0.29, 0.717) is 6.54 Å². The minimum atomic E-state index is -0.209. The molecule has 0 saturated carbocycles. The SMILES string of the molecule is CCC(N)C(c1ccc(Cl)cc1)N1CCCC(C(N)=O)C1. The molecule has 2 rings (SSSR count). The highest BCUT2D eigenvalue weighted by molar-refractivity contribution is 6.30. The molecule has 1 aromatic carbocycles. The lowest BCUT2D eigenvalue weighted by Gasteiger charge is -2.40. The molecule has 0 spiro atoms. The van der Waals surface area contributed by atoms with Crippen LogP contribution in [0.5, 0.6) is 0 Å². The summed E-state index contributed by atoms with van der Waals surface area (Å²) < 4.78 is 0. The lowest BCUT2D eigenvalue weighted by atomic mass is 9.90. The largest absolute Gasteiger partial charge is 0.369 e. The molecule has 1 amide bonds. The smallest absolute Gasteiger partial charge is 0.221 e. The minimum absolute atomic E-state index is 0.0257. The number of hydrogen-bond acceptors (Lipinski definition) is 3. The van der Waals surface area contributed by atoms with Crippen molar-refractivity contribution in [2.24, 2.45) is 17.4 Å². The molecule has 116 valence electrons. The van der Waals surface area contributed by atoms with E-state index in [4.69, 9.17) is 23.1 Å². The van der Waals surface area contributed by atoms with Crippen LogP contribution in [0.25, 0.3) is 0 Å². The van der Waals surface area contributed by atoms with Gasteiger partial charge in [-0.2, -0.15) is 0 Å². The molecule has 1 aliphatic rings. The van der Waals surface area contributed by atoms with Gasteiger partial charge in [-0.3, -0.25) is 9.69 Å². The van der Waals surface area contributed by atoms with Crippen LogP contribution in [0.15, 0.2) is 24.3 Å². The maximum atomic E-state index is 11.5. The van der Waals surface area contributed by atoms with Gasteiger partial charge in [-0.1, -0.05) is 30.7 Å². The summed E-state index contributed by atoms with van der Waals surface area (Å²) >= 11 is 5.97. The highest BCUT2D eigenvalue weighted by Crippen LogP contribution is 2.30. The van der Waals surface area contributed by atoms with E-state index in [-0.39, 0.29) is 23.9 Å². The van der Waals surface area contributed by atoms with Crippen molar-refractivity contribution >= 4 is 17.5 Å². The van der Waals surface area contributed by atoms with Crippen LogP contribution in [0.3, 0.4) is 0 Å². The number of piperidine rings is 1. The first-order valence-electron chi connectivity index (χ1n) is 7.57. The number of hydrogen-bond donors (Lipinski definition) is 2. The zero-order chi connectivity index (χ0) is 15.4. The van der Waals surface area contributed by atoms with Crippen LogP contribution >= 0.6 is 11.6 Å². The Labute approximate surface area is 131 Å². The summed E-state index contributed by atoms with van der Waals surface area (Å²) in [5.74, 6) is -0.280. The normalized spacial score (nSPS) is 22.7. The monoisotopic (exact) mass is 309 g/mol. The fourth-order valence-corrected chi connectivity index (χ4v) is 3.23. The lowest BCUT2D eigenvalue weighted by molar-refractivity contribution is -0.123. The van der Waals surface area contributed by atoms with Crippen molar-refractivity contribution in [1.82, 2.24) is 4.90 Å². The maximum Gasteiger partial charge on any atom is 0.221 e. The van der Waals surface area contributed by atoms with Crippen LogP contribution in [0, 0.1) is 5.92 Å². The average Bonchev–Trinajstić information content (AvgIpc) is 2.49. The predicted molar refractivity (Wildman–Crippen MR) is 86.0 cm³/mol. The summed E-state index contributed by atoms with van der Waals surface area (Å²) in [6.07, 6.45) is 2.74. The van der Waals surface area contributed by atoms with E-state index in [9.17, 15) is 4.79 Å². The van der Waals surface area contributed by atoms with Gasteiger partial charge in [0.2, 0.25) is 5.91 Å². The van der Waals surface area contributed by atoms with Crippen molar-refractivity contribution in [2.75, 3.05) is 13.1 Å². The second-order valence-electron chi connectivity index (χ2n) is 5.80. The maximum absolute atomic E-state index is 11.5. The van der Waals surface area contributed by atoms with Crippen molar-refractivity contribution in [3.05, 3.63) is 34.9 Å². The first-order valence-corrected chi connectivity index (χ1v) is 7.95. The van der Waals surface area contributed by atoms with Gasteiger partial charge in [0.05, 0.1) is 5.92 Å². The standard InChI is InChI=1S/C16H24ClN3O/c1-2-14(18)15(11-5-7-13(17)8-6-11)20-9-3-4-12(10-20)16(19)21/h5-8,12,14-15H,2-4,9-10,18H2,1H3,(H2,19,21). The van der Waals surface area contributed by atoms with Crippen molar-refractivity contribution in [3.8, 4) is 0 Å². The molecular weight excluding hydrogens is 286 g/mol. The van der Waals surface area contributed by atoms with Gasteiger partial charge in [0, 0.05) is 23.7 Å². The van der Waals surface area contributed by atoms with Crippen LogP contribution in [-0.4, -0.2) is 29.9 Å². The predicted octanol–water partition coefficient (Wildman–Crippen LogP) is 2.32. The van der Waals surface area contributed by atoms with Gasteiger partial charge in [-0.25, -0.2) is 0 Å². The van der Waals surface area contributed by atoms with Crippen LogP contribution in [0.2, 0.25) is 5.02 Å². The summed E-state index contributed by atoms with van der Waals surface area (Å²) in [7, 11) is 0. The molecule has 3 atom stereocenters. The molecule has 0 aliphatic carbocycles. The number of amides is 1. The Bertz CT molecular complexity index is 477. The number of benzene rings is 1. The molecule has 1 aromatic rings. The molecule has 1 aliphatic heterocycles. The number of nitrogens with zero attached hydrogens (tertiary/aromatic N) is 1. The molecule has 1 heterocycles. The molecule has 21 heavy (non-hydrogen) atoms. The zero-order valence-electron chi connectivity index (χ0n) is 12.5. The van der Waals surface area contributed by atoms with Gasteiger partial charge in [0.1, 0.15) is 0 Å². The highest BCUT2D eigenvalue weighted by Gasteiger charge is 2.32. The molecule has 1 fully saturated rings. The zero-order valence-corrected chi connectivity index (χ0v) is 13.2. The molecule has 5 heteroatoms. The first-order chi connectivity index (χ1) is 10.0. The van der Waals surface area contributed by atoms with Crippen molar-refractivity contribution in [2.45, 2.75) is 38.3 Å². The number of carbonyl (C=O) groups excluding carboxylic acids is 1. The Morgan fingerprint density at radius 2 is 2.10 bits per heavy atom. The van der Waals surface area contributed by atoms with E-state index in [0.717, 1.165) is 36.4 Å². The molecule has 4 N–H and O–H groups in total. The number of halogens is 1. The van der Waals surface area contributed by atoms with Gasteiger partial charge < -0.3 is 11.5 Å². The van der Waals surface area contributed by atoms with E-state index in [1.165, 1.54) is 0 Å². The molecule has 1 saturated heterocycles. The van der Waals surface area contributed by atoms with Crippen molar-refractivity contribution < 1.29 is 4.79 Å². The van der Waals surface area contributed by atoms with Crippen LogP contribution in [0.1, 0.15) is 37.8 Å². The van der Waals surface area contributed by atoms with E-state index in [1.54, 1.807) is 0 Å². The molecule has 4 nitrogen and oxygen atoms in total. The van der Waals surface area contributed by atoms with Gasteiger partial charge in [0.15, 0.2) is 0 Å². The fraction of sp³-hybridized carbons (Fsp3) is 0.562. The van der Waals surface area contributed by atoms with Crippen molar-refractivity contribution in [3.63, 3.8) is 0 Å². The summed E-state index contributed by atoms with van der Waals surface area (Å²) in [5.41, 5.74) is 13.0. The third-order valence-corrected chi connectivity index (χ3v) is 4.59. The highest BCUT2D eigenvalue weighted by atomic mass is 35.5. The van der Waals surface area contributed by atoms with E-state index in [2.05, 4.69) is 11.8 Å². The number of nitrogens with two attached hydrogens (primary N) is 2. The summed E-state index contributed by atoms with van der Waals surface area (Å²) in [5, 5.41) is 0.719. The lowest BCUT2D eigenvalue weighted by Crippen LogP contribution is -2.47. The van der Waals surface area contributed by atoms with Gasteiger partial charge in [-0.05, 0) is 43.5 Å². The second kappa shape index (κ2) is 7.25. The van der Waals surface area contributed by atoms with E-state index in [1.807, 2.05) is 24.3 Å². The Kier molecular flexibility index (Phi) is 5.62. The molecule has 0 aromatic heterocycles. The molecule has 3 unspecified atom stereocenters. The Morgan fingerprint density at radius 1 is 1.43 bits per heavy atom. The first kappa shape index (κ1) is 16.3. The minimum Gasteiger partial charge on any atom is -0.369 e. The summed E-state index contributed by atoms with van der Waals surface area (Å²) in [4.78, 5) is 13.8. The van der Waals surface area contributed by atoms with Gasteiger partial charge in [0.25, 0.3) is 0 Å². The molecule has 0 bridgehead atoms. The van der Waals surface area contributed by atoms with Gasteiger partial charge >= 0.3 is 0 Å². The van der Waals surface area contributed by atoms with Crippen molar-refractivity contribution in [1.29, 1.82) is 0 Å². The summed E-state index contributed by atoms with van der Waals surface area (Å²) in [6.45, 7) is 3.73. The molecular formula is C16H24ClN3O. The van der Waals surface area contributed by atoms with E-state index >= 15 is 0 Å². The quantitative estimate of drug-likeness (QED) is 0.876. The number of likely N-dealkylation sites (tertiary alicyclic amines) is 1. The topological polar surface area (TPSA) is 72.3 Å². The van der Waals surface area contributed by atoms with Crippen LogP contribution < -0.4 is 11.5 Å². The number of rotatable bonds is 5. The third kappa shape index (κ3) is 3.96. The number of carbonyl (C=O) groups is 1. The second-order valence-corrected chi connectivity index (χ2v) is 6.24. The van der Waals surface area contributed by atoms with Crippen LogP contribution in [-0.2, 0) is 4.79 Å². The Hall–Kier alpha value is -1.10. The Balaban J connectivity index is 2.23. The average molecular weight is 310 g/mol. The van der Waals surface area contributed by atoms with E-state index < -0.39 is 0 Å². The number of primary amides is 1. The van der Waals surface area contributed by atoms with Gasteiger partial charge in [-0.15, -0.1) is 0 Å². The Morgan fingerprint density at radius 3 is 2.67 bits per heavy atom. The molecule has 0 radical (unpaired) electrons. The van der Waals surface area contributed by atoms with Crippen LogP contribution in [0.4, 0.5) is 0 Å². The summed E-state index contributed by atoms with van der Waals surface area (Å²) in [6, 6.07) is 7.96. The third-order valence-electron chi connectivity index (χ3n) is 4.34.